The van der Waals surface area contributed by atoms with Crippen molar-refractivity contribution in [3.63, 3.8) is 0 Å². The Kier molecular flexibility index (Phi) is 3.98. The molecule has 0 unspecified atom stereocenters. The van der Waals surface area contributed by atoms with E-state index in [0.717, 1.165) is 0 Å². The highest BCUT2D eigenvalue weighted by molar-refractivity contribution is 6.30. The number of ether oxygens (including phenoxy) is 1. The predicted octanol–water partition coefficient (Wildman–Crippen LogP) is 3.66. The number of hydrogen-bond donors (Lipinski definition) is 0. The normalized spacial score (nSPS) is 10.0. The van der Waals surface area contributed by atoms with Crippen LogP contribution in [-0.2, 0) is 6.42 Å². The fourth-order valence-electron chi connectivity index (χ4n) is 1.48. The van der Waals surface area contributed by atoms with Gasteiger partial charge in [-0.25, -0.2) is 4.98 Å². The molecule has 96 valence electrons. The molecule has 0 saturated heterocycles. The minimum absolute atomic E-state index is 0.399. The van der Waals surface area contributed by atoms with Gasteiger partial charge in [0.2, 0.25) is 5.88 Å². The fraction of sp³-hybridized carbons (Fsp3) is 0.214. The lowest BCUT2D eigenvalue weighted by Gasteiger charge is -2.09. The molecule has 1 heterocycles. The van der Waals surface area contributed by atoms with Crippen molar-refractivity contribution in [3.8, 4) is 17.7 Å². The SMILES string of the molecule is CCc1nc(Cl)c(C)c(Oc2ccc(C#N)cc2)n1. The van der Waals surface area contributed by atoms with Gasteiger partial charge in [-0.1, -0.05) is 18.5 Å². The first-order valence-electron chi connectivity index (χ1n) is 5.85. The summed E-state index contributed by atoms with van der Waals surface area (Å²) in [6, 6.07) is 8.88. The van der Waals surface area contributed by atoms with Crippen LogP contribution in [0.2, 0.25) is 5.15 Å². The van der Waals surface area contributed by atoms with Gasteiger partial charge in [-0.3, -0.25) is 0 Å². The van der Waals surface area contributed by atoms with E-state index in [2.05, 4.69) is 16.0 Å². The number of hydrogen-bond acceptors (Lipinski definition) is 4. The van der Waals surface area contributed by atoms with Crippen LogP contribution in [0.4, 0.5) is 0 Å². The van der Waals surface area contributed by atoms with Crippen molar-refractivity contribution < 1.29 is 4.74 Å². The zero-order chi connectivity index (χ0) is 13.8. The molecule has 4 nitrogen and oxygen atoms in total. The van der Waals surface area contributed by atoms with Crippen molar-refractivity contribution in [2.24, 2.45) is 0 Å². The van der Waals surface area contributed by atoms with E-state index in [4.69, 9.17) is 21.6 Å². The topological polar surface area (TPSA) is 58.8 Å². The summed E-state index contributed by atoms with van der Waals surface area (Å²) < 4.78 is 5.69. The average Bonchev–Trinajstić information content (AvgIpc) is 2.44. The van der Waals surface area contributed by atoms with Crippen LogP contribution in [0.1, 0.15) is 23.9 Å². The largest absolute Gasteiger partial charge is 0.439 e. The lowest BCUT2D eigenvalue weighted by molar-refractivity contribution is 0.454. The Bertz CT molecular complexity index is 632. The Balaban J connectivity index is 2.32. The van der Waals surface area contributed by atoms with Crippen molar-refractivity contribution in [1.29, 1.82) is 5.26 Å². The first-order valence-corrected chi connectivity index (χ1v) is 6.23. The van der Waals surface area contributed by atoms with Crippen LogP contribution in [0.5, 0.6) is 11.6 Å². The first kappa shape index (κ1) is 13.3. The highest BCUT2D eigenvalue weighted by Gasteiger charge is 2.10. The molecule has 0 saturated carbocycles. The van der Waals surface area contributed by atoms with Crippen LogP contribution in [0.15, 0.2) is 24.3 Å². The number of halogens is 1. The average molecular weight is 274 g/mol. The molecule has 0 fully saturated rings. The molecular weight excluding hydrogens is 262 g/mol. The second-order valence-electron chi connectivity index (χ2n) is 3.95. The van der Waals surface area contributed by atoms with E-state index in [9.17, 15) is 0 Å². The van der Waals surface area contributed by atoms with Gasteiger partial charge in [0.05, 0.1) is 11.6 Å². The van der Waals surface area contributed by atoms with E-state index >= 15 is 0 Å². The standard InChI is InChI=1S/C14H12ClN3O/c1-3-12-17-13(15)9(2)14(18-12)19-11-6-4-10(8-16)5-7-11/h4-7H,3H2,1-2H3. The lowest BCUT2D eigenvalue weighted by atomic mass is 10.2. The molecule has 0 aliphatic carbocycles. The van der Waals surface area contributed by atoms with Crippen LogP contribution >= 0.6 is 11.6 Å². The van der Waals surface area contributed by atoms with Gasteiger partial charge in [-0.2, -0.15) is 10.2 Å². The van der Waals surface area contributed by atoms with Crippen molar-refractivity contribution >= 4 is 11.6 Å². The van der Waals surface area contributed by atoms with Gasteiger partial charge in [0.1, 0.15) is 16.7 Å². The van der Waals surface area contributed by atoms with Gasteiger partial charge in [0.25, 0.3) is 0 Å². The molecule has 2 rings (SSSR count). The molecule has 0 N–H and O–H groups in total. The quantitative estimate of drug-likeness (QED) is 0.801. The Morgan fingerprint density at radius 3 is 2.53 bits per heavy atom. The maximum atomic E-state index is 8.74. The zero-order valence-electron chi connectivity index (χ0n) is 10.6. The molecule has 0 radical (unpaired) electrons. The number of nitrogens with zero attached hydrogens (tertiary/aromatic N) is 3. The summed E-state index contributed by atoms with van der Waals surface area (Å²) in [5, 5.41) is 9.14. The Labute approximate surface area is 116 Å². The van der Waals surface area contributed by atoms with E-state index in [-0.39, 0.29) is 0 Å². The van der Waals surface area contributed by atoms with Crippen molar-refractivity contribution in [1.82, 2.24) is 9.97 Å². The molecule has 2 aromatic rings. The lowest BCUT2D eigenvalue weighted by Crippen LogP contribution is -2.00. The van der Waals surface area contributed by atoms with Crippen molar-refractivity contribution in [2.45, 2.75) is 20.3 Å². The van der Waals surface area contributed by atoms with E-state index < -0.39 is 0 Å². The van der Waals surface area contributed by atoms with Crippen LogP contribution in [0.25, 0.3) is 0 Å². The second kappa shape index (κ2) is 5.68. The van der Waals surface area contributed by atoms with Gasteiger partial charge in [-0.05, 0) is 31.2 Å². The monoisotopic (exact) mass is 273 g/mol. The summed E-state index contributed by atoms with van der Waals surface area (Å²) in [5.74, 6) is 1.69. The second-order valence-corrected chi connectivity index (χ2v) is 4.31. The van der Waals surface area contributed by atoms with Gasteiger partial charge in [-0.15, -0.1) is 0 Å². The van der Waals surface area contributed by atoms with Gasteiger partial charge in [0, 0.05) is 12.0 Å². The van der Waals surface area contributed by atoms with Gasteiger partial charge in [0.15, 0.2) is 0 Å². The molecule has 1 aromatic carbocycles. The number of aromatic nitrogens is 2. The van der Waals surface area contributed by atoms with E-state index in [0.29, 0.717) is 40.2 Å². The Morgan fingerprint density at radius 2 is 1.95 bits per heavy atom. The fourth-order valence-corrected chi connectivity index (χ4v) is 1.66. The number of rotatable bonds is 3. The molecule has 1 aromatic heterocycles. The minimum Gasteiger partial charge on any atom is -0.439 e. The summed E-state index contributed by atoms with van der Waals surface area (Å²) in [6.45, 7) is 3.76. The molecule has 0 amide bonds. The molecule has 0 aliphatic rings. The summed E-state index contributed by atoms with van der Waals surface area (Å²) in [4.78, 5) is 8.46. The van der Waals surface area contributed by atoms with Crippen LogP contribution < -0.4 is 4.74 Å². The summed E-state index contributed by atoms with van der Waals surface area (Å²) in [6.07, 6.45) is 0.684. The third-order valence-corrected chi connectivity index (χ3v) is 2.97. The number of nitriles is 1. The summed E-state index contributed by atoms with van der Waals surface area (Å²) in [5.41, 5.74) is 1.28. The molecule has 0 bridgehead atoms. The maximum Gasteiger partial charge on any atom is 0.226 e. The summed E-state index contributed by atoms with van der Waals surface area (Å²) >= 11 is 6.04. The van der Waals surface area contributed by atoms with Crippen LogP contribution in [-0.4, -0.2) is 9.97 Å². The molecule has 0 aliphatic heterocycles. The molecular formula is C14H12ClN3O. The highest BCUT2D eigenvalue weighted by Crippen LogP contribution is 2.27. The van der Waals surface area contributed by atoms with Crippen molar-refractivity contribution in [3.05, 3.63) is 46.4 Å². The molecule has 0 atom stereocenters. The van der Waals surface area contributed by atoms with E-state index in [1.54, 1.807) is 31.2 Å². The highest BCUT2D eigenvalue weighted by atomic mass is 35.5. The first-order chi connectivity index (χ1) is 9.13. The summed E-state index contributed by atoms with van der Waals surface area (Å²) in [7, 11) is 0. The molecule has 19 heavy (non-hydrogen) atoms. The minimum atomic E-state index is 0.399. The third-order valence-electron chi connectivity index (χ3n) is 2.60. The smallest absolute Gasteiger partial charge is 0.226 e. The third kappa shape index (κ3) is 3.01. The Morgan fingerprint density at radius 1 is 1.26 bits per heavy atom. The van der Waals surface area contributed by atoms with Crippen LogP contribution in [0.3, 0.4) is 0 Å². The van der Waals surface area contributed by atoms with Crippen LogP contribution in [0, 0.1) is 18.3 Å². The van der Waals surface area contributed by atoms with E-state index in [1.165, 1.54) is 0 Å². The number of benzene rings is 1. The van der Waals surface area contributed by atoms with Gasteiger partial charge < -0.3 is 4.74 Å². The maximum absolute atomic E-state index is 8.74. The molecule has 5 heteroatoms. The van der Waals surface area contributed by atoms with E-state index in [1.807, 2.05) is 6.92 Å². The van der Waals surface area contributed by atoms with Gasteiger partial charge >= 0.3 is 0 Å². The Hall–Kier alpha value is -2.12. The zero-order valence-corrected chi connectivity index (χ0v) is 11.4. The predicted molar refractivity (Wildman–Crippen MR) is 72.4 cm³/mol. The molecule has 0 spiro atoms. The number of aryl methyl sites for hydroxylation is 1. The van der Waals surface area contributed by atoms with Crippen molar-refractivity contribution in [2.75, 3.05) is 0 Å².